The van der Waals surface area contributed by atoms with Gasteiger partial charge in [0.15, 0.2) is 0 Å². The van der Waals surface area contributed by atoms with E-state index in [1.54, 1.807) is 41.5 Å². The van der Waals surface area contributed by atoms with E-state index in [-0.39, 0.29) is 17.2 Å². The van der Waals surface area contributed by atoms with Gasteiger partial charge >= 0.3 is 6.09 Å². The molecule has 6 nitrogen and oxygen atoms in total. The van der Waals surface area contributed by atoms with E-state index in [4.69, 9.17) is 16.2 Å². The number of terminal acetylenes is 1. The topological polar surface area (TPSA) is 80.1 Å². The molecule has 1 aromatic carbocycles. The van der Waals surface area contributed by atoms with Gasteiger partial charge in [0.25, 0.3) is 0 Å². The predicted octanol–water partition coefficient (Wildman–Crippen LogP) is 0.716. The third kappa shape index (κ3) is 5.58. The third-order valence-corrected chi connectivity index (χ3v) is 8.54. The van der Waals surface area contributed by atoms with Gasteiger partial charge in [-0.05, 0) is 65.0 Å². The molecule has 1 amide bonds. The van der Waals surface area contributed by atoms with Crippen LogP contribution in [0.4, 0.5) is 9.18 Å². The molecule has 0 saturated carbocycles. The Morgan fingerprint density at radius 2 is 1.91 bits per heavy atom. The Labute approximate surface area is 194 Å². The molecular weight excluding hydrogens is 426 g/mol. The SMILES string of the molecule is BC(B)(B)N=S1(=O)C[C@@](C)(c2cc(C#C)ccc2F)N=C(NC(=O)OC(C)(C)C)C1(C)C. The number of halogens is 1. The zero-order chi connectivity index (χ0) is 24.8. The van der Waals surface area contributed by atoms with Crippen molar-refractivity contribution in [2.75, 3.05) is 5.75 Å². The average molecular weight is 457 g/mol. The standard InChI is InChI=1S/C21H31B3FN3O3S/c1-8-13-9-10-15(25)14(11-13)20(7)12-32(30,28-21(22,23)24)19(5,6)16(27-20)26-17(29)31-18(2,3)4/h1,9-11H,12,22-24H2,2-7H3,(H,26,27,29)/t20-,32?/m0/s1. The lowest BCUT2D eigenvalue weighted by molar-refractivity contribution is 0.0560. The van der Waals surface area contributed by atoms with E-state index in [0.717, 1.165) is 0 Å². The number of hydrogen-bond acceptors (Lipinski definition) is 5. The van der Waals surface area contributed by atoms with Gasteiger partial charge in [-0.3, -0.25) is 14.7 Å². The fourth-order valence-corrected chi connectivity index (χ4v) is 6.38. The number of amides is 1. The molecule has 0 saturated heterocycles. The molecular formula is C21H31B3FN3O3S. The second kappa shape index (κ2) is 8.29. The van der Waals surface area contributed by atoms with Crippen LogP contribution < -0.4 is 5.32 Å². The molecule has 0 spiro atoms. The van der Waals surface area contributed by atoms with Crippen LogP contribution in [-0.4, -0.2) is 61.0 Å². The van der Waals surface area contributed by atoms with Gasteiger partial charge < -0.3 is 4.74 Å². The highest BCUT2D eigenvalue weighted by molar-refractivity contribution is 7.96. The molecule has 11 heteroatoms. The molecule has 1 aliphatic heterocycles. The number of alkyl carbamates (subject to hydrolysis) is 1. The second-order valence-electron chi connectivity index (χ2n) is 10.8. The van der Waals surface area contributed by atoms with Crippen molar-refractivity contribution in [2.45, 2.75) is 62.7 Å². The molecule has 0 bridgehead atoms. The Balaban J connectivity index is 2.78. The molecule has 1 unspecified atom stereocenters. The van der Waals surface area contributed by atoms with Crippen LogP contribution in [0.15, 0.2) is 27.6 Å². The lowest BCUT2D eigenvalue weighted by atomic mass is 9.50. The molecule has 170 valence electrons. The molecule has 0 aliphatic carbocycles. The fraction of sp³-hybridized carbons (Fsp3) is 0.524. The molecule has 1 N–H and O–H groups in total. The van der Waals surface area contributed by atoms with Crippen LogP contribution in [0.25, 0.3) is 0 Å². The van der Waals surface area contributed by atoms with Gasteiger partial charge in [0.05, 0.1) is 15.5 Å². The minimum atomic E-state index is -3.05. The zero-order valence-electron chi connectivity index (χ0n) is 20.4. The van der Waals surface area contributed by atoms with E-state index < -0.39 is 42.8 Å². The van der Waals surface area contributed by atoms with Crippen LogP contribution in [-0.2, 0) is 20.0 Å². The van der Waals surface area contributed by atoms with Crippen molar-refractivity contribution in [3.05, 3.63) is 35.1 Å². The van der Waals surface area contributed by atoms with Crippen molar-refractivity contribution in [1.29, 1.82) is 0 Å². The van der Waals surface area contributed by atoms with Crippen LogP contribution in [0, 0.1) is 18.2 Å². The number of carbonyl (C=O) groups excluding carboxylic acids is 1. The quantitative estimate of drug-likeness (QED) is 0.526. The van der Waals surface area contributed by atoms with Crippen molar-refractivity contribution in [3.8, 4) is 12.3 Å². The van der Waals surface area contributed by atoms with E-state index in [9.17, 15) is 13.4 Å². The number of carbonyl (C=O) groups is 1. The van der Waals surface area contributed by atoms with Crippen LogP contribution in [0.1, 0.15) is 52.7 Å². The highest BCUT2D eigenvalue weighted by Crippen LogP contribution is 2.40. The lowest BCUT2D eigenvalue weighted by Crippen LogP contribution is -2.58. The van der Waals surface area contributed by atoms with Crippen LogP contribution in [0.2, 0.25) is 0 Å². The Bertz CT molecular complexity index is 1120. The number of nitrogens with zero attached hydrogens (tertiary/aromatic N) is 2. The fourth-order valence-electron chi connectivity index (χ4n) is 3.46. The van der Waals surface area contributed by atoms with Crippen molar-refractivity contribution in [3.63, 3.8) is 0 Å². The summed E-state index contributed by atoms with van der Waals surface area (Å²) in [7, 11) is 2.49. The molecule has 32 heavy (non-hydrogen) atoms. The second-order valence-corrected chi connectivity index (χ2v) is 13.5. The summed E-state index contributed by atoms with van der Waals surface area (Å²) in [6.45, 7) is 10.3. The molecule has 0 aromatic heterocycles. The summed E-state index contributed by atoms with van der Waals surface area (Å²) in [6.07, 6.45) is 4.78. The molecule has 2 atom stereocenters. The Morgan fingerprint density at radius 1 is 1.31 bits per heavy atom. The molecule has 1 heterocycles. The Kier molecular flexibility index (Phi) is 6.75. The van der Waals surface area contributed by atoms with Gasteiger partial charge in [-0.25, -0.2) is 13.4 Å². The summed E-state index contributed by atoms with van der Waals surface area (Å²) in [5, 5.41) is 2.03. The molecule has 2 rings (SSSR count). The number of benzene rings is 1. The summed E-state index contributed by atoms with van der Waals surface area (Å²) >= 11 is 0. The minimum absolute atomic E-state index is 0.0330. The van der Waals surface area contributed by atoms with E-state index >= 15 is 0 Å². The van der Waals surface area contributed by atoms with E-state index in [1.807, 2.05) is 23.5 Å². The summed E-state index contributed by atoms with van der Waals surface area (Å²) < 4.78 is 38.3. The van der Waals surface area contributed by atoms with E-state index in [1.165, 1.54) is 18.2 Å². The number of ether oxygens (including phenoxy) is 1. The van der Waals surface area contributed by atoms with Crippen LogP contribution in [0.5, 0.6) is 0 Å². The monoisotopic (exact) mass is 457 g/mol. The first-order valence-electron chi connectivity index (χ1n) is 10.4. The first-order chi connectivity index (χ1) is 14.3. The smallest absolute Gasteiger partial charge is 0.413 e. The molecule has 1 aromatic rings. The first-order valence-corrected chi connectivity index (χ1v) is 12.1. The third-order valence-electron chi connectivity index (χ3n) is 4.96. The normalized spacial score (nSPS) is 25.2. The van der Waals surface area contributed by atoms with Gasteiger partial charge in [-0.1, -0.05) is 5.92 Å². The average Bonchev–Trinajstić information content (AvgIpc) is 2.56. The van der Waals surface area contributed by atoms with Crippen molar-refractivity contribution in [1.82, 2.24) is 5.32 Å². The number of rotatable bonds is 2. The zero-order valence-corrected chi connectivity index (χ0v) is 21.2. The van der Waals surface area contributed by atoms with E-state index in [0.29, 0.717) is 5.56 Å². The lowest BCUT2D eigenvalue weighted by Gasteiger charge is -2.43. The van der Waals surface area contributed by atoms with Gasteiger partial charge in [-0.2, -0.15) is 0 Å². The van der Waals surface area contributed by atoms with Gasteiger partial charge in [0, 0.05) is 11.1 Å². The number of nitrogens with one attached hydrogen (secondary N) is 1. The highest BCUT2D eigenvalue weighted by Gasteiger charge is 2.50. The minimum Gasteiger partial charge on any atom is -0.444 e. The Morgan fingerprint density at radius 3 is 2.41 bits per heavy atom. The van der Waals surface area contributed by atoms with Gasteiger partial charge in [-0.15, -0.1) is 6.42 Å². The first kappa shape index (κ1) is 26.1. The van der Waals surface area contributed by atoms with Gasteiger partial charge in [0.2, 0.25) is 0 Å². The predicted molar refractivity (Wildman–Crippen MR) is 136 cm³/mol. The van der Waals surface area contributed by atoms with Crippen LogP contribution in [0.3, 0.4) is 0 Å². The van der Waals surface area contributed by atoms with Gasteiger partial charge in [0.1, 0.15) is 51.1 Å². The maximum absolute atomic E-state index is 15.0. The summed E-state index contributed by atoms with van der Waals surface area (Å²) in [5.41, 5.74) is -1.34. The molecule has 0 fully saturated rings. The summed E-state index contributed by atoms with van der Waals surface area (Å²) in [6, 6.07) is 4.29. The molecule has 1 aliphatic rings. The maximum atomic E-state index is 15.0. The van der Waals surface area contributed by atoms with Crippen molar-refractivity contribution >= 4 is 45.2 Å². The number of aliphatic imine (C=N–C) groups is 1. The summed E-state index contributed by atoms with van der Waals surface area (Å²) in [4.78, 5) is 17.3. The van der Waals surface area contributed by atoms with E-state index in [2.05, 4.69) is 15.6 Å². The molecule has 0 radical (unpaired) electrons. The van der Waals surface area contributed by atoms with Crippen molar-refractivity contribution in [2.24, 2.45) is 9.36 Å². The number of amidine groups is 1. The maximum Gasteiger partial charge on any atom is 0.413 e. The summed E-state index contributed by atoms with van der Waals surface area (Å²) in [5.74, 6) is 2.07. The van der Waals surface area contributed by atoms with Crippen LogP contribution >= 0.6 is 0 Å². The largest absolute Gasteiger partial charge is 0.444 e. The Hall–Kier alpha value is -2.21. The van der Waals surface area contributed by atoms with Crippen molar-refractivity contribution < 1.29 is 18.1 Å². The highest BCUT2D eigenvalue weighted by atomic mass is 32.2. The number of hydrogen-bond donors (Lipinski definition) is 1.